The zero-order valence-electron chi connectivity index (χ0n) is 25.8. The summed E-state index contributed by atoms with van der Waals surface area (Å²) in [5.41, 5.74) is 9.22. The molecule has 224 valence electrons. The number of amides is 1. The molecular weight excluding hydrogens is 540 g/mol. The molecule has 2 heterocycles. The predicted octanol–water partition coefficient (Wildman–Crippen LogP) is 5.70. The first-order valence-electron chi connectivity index (χ1n) is 14.3. The first kappa shape index (κ1) is 32.4. The Kier molecular flexibility index (Phi) is 11.5. The van der Waals surface area contributed by atoms with Crippen LogP contribution >= 0.6 is 0 Å². The van der Waals surface area contributed by atoms with Crippen molar-refractivity contribution >= 4 is 40.5 Å². The summed E-state index contributed by atoms with van der Waals surface area (Å²) in [5, 5.41) is 6.73. The zero-order chi connectivity index (χ0) is 31.5. The second-order valence-corrected chi connectivity index (χ2v) is 9.38. The molecule has 2 aromatic heterocycles. The van der Waals surface area contributed by atoms with Crippen LogP contribution in [-0.2, 0) is 4.79 Å². The number of allylic oxidation sites excluding steroid dienone is 1. The van der Waals surface area contributed by atoms with E-state index in [2.05, 4.69) is 25.6 Å². The van der Waals surface area contributed by atoms with E-state index in [1.807, 2.05) is 83.1 Å². The fourth-order valence-corrected chi connectivity index (χ4v) is 4.56. The van der Waals surface area contributed by atoms with Crippen LogP contribution < -0.4 is 21.9 Å². The zero-order valence-corrected chi connectivity index (χ0v) is 25.8. The lowest BCUT2D eigenvalue weighted by molar-refractivity contribution is -0.115. The lowest BCUT2D eigenvalue weighted by atomic mass is 10.1. The Morgan fingerprint density at radius 1 is 1.05 bits per heavy atom. The molecule has 1 unspecified atom stereocenters. The molecule has 0 aliphatic carbocycles. The van der Waals surface area contributed by atoms with Gasteiger partial charge in [-0.05, 0) is 63.1 Å². The number of aliphatic imine (C=N–C) groups is 1. The molecule has 0 spiro atoms. The van der Waals surface area contributed by atoms with E-state index in [1.54, 1.807) is 36.8 Å². The number of rotatable bonds is 8. The van der Waals surface area contributed by atoms with Gasteiger partial charge in [0.2, 0.25) is 11.9 Å². The molecule has 10 heteroatoms. The van der Waals surface area contributed by atoms with Crippen LogP contribution in [0.15, 0.2) is 76.5 Å². The molecule has 43 heavy (non-hydrogen) atoms. The Bertz CT molecular complexity index is 1720. The van der Waals surface area contributed by atoms with E-state index < -0.39 is 6.04 Å². The van der Waals surface area contributed by atoms with Crippen molar-refractivity contribution in [2.24, 2.45) is 4.99 Å². The Labute approximate surface area is 252 Å². The van der Waals surface area contributed by atoms with Gasteiger partial charge >= 0.3 is 0 Å². The lowest BCUT2D eigenvalue weighted by Gasteiger charge is -2.23. The van der Waals surface area contributed by atoms with Crippen molar-refractivity contribution in [3.05, 3.63) is 99.8 Å². The molecule has 0 saturated heterocycles. The van der Waals surface area contributed by atoms with Gasteiger partial charge < -0.3 is 16.4 Å². The first-order valence-corrected chi connectivity index (χ1v) is 14.3. The van der Waals surface area contributed by atoms with Gasteiger partial charge in [-0.3, -0.25) is 19.1 Å². The van der Waals surface area contributed by atoms with Crippen molar-refractivity contribution < 1.29 is 4.79 Å². The summed E-state index contributed by atoms with van der Waals surface area (Å²) in [4.78, 5) is 44.3. The molecule has 0 bridgehead atoms. The summed E-state index contributed by atoms with van der Waals surface area (Å²) in [6.45, 7) is 11.5. The molecule has 4 aromatic rings. The number of fused-ring (bicyclic) bond motifs is 1. The fraction of sp³-hybridized carbons (Fsp3) is 0.273. The number of para-hydroxylation sites is 1. The number of benzene rings is 2. The summed E-state index contributed by atoms with van der Waals surface area (Å²) < 4.78 is 1.64. The maximum atomic E-state index is 13.9. The largest absolute Gasteiger partial charge is 0.368 e. The summed E-state index contributed by atoms with van der Waals surface area (Å²) in [5.74, 6) is 1.11. The van der Waals surface area contributed by atoms with E-state index in [1.165, 1.54) is 6.08 Å². The first-order chi connectivity index (χ1) is 20.8. The Morgan fingerprint density at radius 3 is 2.42 bits per heavy atom. The highest BCUT2D eigenvalue weighted by molar-refractivity contribution is 6.09. The number of carbonyl (C=O) groups is 1. The van der Waals surface area contributed by atoms with Gasteiger partial charge in [0.15, 0.2) is 0 Å². The number of nitrogen functional groups attached to an aromatic ring is 1. The number of carbonyl (C=O) groups excluding carboxylic acids is 1. The SMILES string of the molecule is C/C=C\C(=NC)NC(=O)/C=C/c1c(C)nc(N)nc1NC(CC)c1nc2cccc(C)c2c(=O)n1-c1ccccc1.CC. The van der Waals surface area contributed by atoms with Crippen LogP contribution in [0.25, 0.3) is 22.7 Å². The minimum Gasteiger partial charge on any atom is -0.368 e. The highest BCUT2D eigenvalue weighted by atomic mass is 16.1. The van der Waals surface area contributed by atoms with Gasteiger partial charge in [0.25, 0.3) is 5.56 Å². The van der Waals surface area contributed by atoms with E-state index in [0.29, 0.717) is 51.7 Å². The van der Waals surface area contributed by atoms with Crippen molar-refractivity contribution in [1.29, 1.82) is 0 Å². The molecule has 1 atom stereocenters. The Balaban J connectivity index is 0.00000248. The molecular formula is C33H40N8O2. The Morgan fingerprint density at radius 2 is 1.77 bits per heavy atom. The van der Waals surface area contributed by atoms with Crippen LogP contribution in [-0.4, -0.2) is 38.3 Å². The monoisotopic (exact) mass is 580 g/mol. The molecule has 1 amide bonds. The van der Waals surface area contributed by atoms with Gasteiger partial charge in [0.05, 0.1) is 28.3 Å². The van der Waals surface area contributed by atoms with Crippen LogP contribution in [0, 0.1) is 13.8 Å². The second kappa shape index (κ2) is 15.2. The molecule has 0 radical (unpaired) electrons. The van der Waals surface area contributed by atoms with Gasteiger partial charge in [0, 0.05) is 18.7 Å². The van der Waals surface area contributed by atoms with Crippen LogP contribution in [0.3, 0.4) is 0 Å². The number of hydrogen-bond acceptors (Lipinski definition) is 8. The van der Waals surface area contributed by atoms with Gasteiger partial charge in [-0.1, -0.05) is 57.2 Å². The molecule has 0 aliphatic heterocycles. The minimum atomic E-state index is -0.434. The van der Waals surface area contributed by atoms with E-state index >= 15 is 0 Å². The van der Waals surface area contributed by atoms with Crippen molar-refractivity contribution in [2.45, 2.75) is 54.0 Å². The maximum Gasteiger partial charge on any atom is 0.266 e. The third kappa shape index (κ3) is 7.59. The summed E-state index contributed by atoms with van der Waals surface area (Å²) in [6.07, 6.45) is 7.08. The van der Waals surface area contributed by atoms with Gasteiger partial charge in [-0.2, -0.15) is 4.98 Å². The molecule has 4 rings (SSSR count). The number of anilines is 2. The summed E-state index contributed by atoms with van der Waals surface area (Å²) >= 11 is 0. The third-order valence-corrected chi connectivity index (χ3v) is 6.55. The summed E-state index contributed by atoms with van der Waals surface area (Å²) in [7, 11) is 1.60. The molecule has 0 fully saturated rings. The smallest absolute Gasteiger partial charge is 0.266 e. The molecule has 4 N–H and O–H groups in total. The van der Waals surface area contributed by atoms with Crippen molar-refractivity contribution in [2.75, 3.05) is 18.1 Å². The normalized spacial score (nSPS) is 12.3. The highest BCUT2D eigenvalue weighted by Crippen LogP contribution is 2.28. The minimum absolute atomic E-state index is 0.0810. The number of nitrogens with two attached hydrogens (primary N) is 1. The standard InChI is InChI=1S/C31H34N8O2.C2H6/c1-6-12-25(33-5)37-26(40)18-17-22-20(4)34-31(32)38-28(22)35-23(7-2)29-36-24-16-11-13-19(3)27(24)30(41)39(29)21-14-9-8-10-15-21;1-2/h6,8-18,23H,7H2,1-5H3,(H,33,37,40)(H3,32,34,35,38);1-2H3/b12-6-,18-17+;. The van der Waals surface area contributed by atoms with Crippen LogP contribution in [0.2, 0.25) is 0 Å². The molecule has 0 aliphatic rings. The average Bonchev–Trinajstić information content (AvgIpc) is 3.00. The lowest BCUT2D eigenvalue weighted by Crippen LogP contribution is -2.29. The maximum absolute atomic E-state index is 13.9. The van der Waals surface area contributed by atoms with E-state index in [4.69, 9.17) is 10.7 Å². The topological polar surface area (TPSA) is 140 Å². The van der Waals surface area contributed by atoms with E-state index in [-0.39, 0.29) is 17.4 Å². The van der Waals surface area contributed by atoms with Crippen molar-refractivity contribution in [3.63, 3.8) is 0 Å². The predicted molar refractivity (Wildman–Crippen MR) is 177 cm³/mol. The van der Waals surface area contributed by atoms with E-state index in [9.17, 15) is 9.59 Å². The van der Waals surface area contributed by atoms with Gasteiger partial charge in [-0.25, -0.2) is 9.97 Å². The average molecular weight is 581 g/mol. The number of aryl methyl sites for hydroxylation is 2. The van der Waals surface area contributed by atoms with Gasteiger partial charge in [-0.15, -0.1) is 0 Å². The second-order valence-electron chi connectivity index (χ2n) is 9.38. The fourth-order valence-electron chi connectivity index (χ4n) is 4.56. The van der Waals surface area contributed by atoms with Gasteiger partial charge in [0.1, 0.15) is 17.5 Å². The van der Waals surface area contributed by atoms with Crippen LogP contribution in [0.5, 0.6) is 0 Å². The number of amidine groups is 1. The molecule has 0 saturated carbocycles. The number of nitrogens with one attached hydrogen (secondary N) is 2. The van der Waals surface area contributed by atoms with Crippen molar-refractivity contribution in [3.8, 4) is 5.69 Å². The number of aromatic nitrogens is 4. The van der Waals surface area contributed by atoms with Crippen LogP contribution in [0.1, 0.15) is 62.8 Å². The molecule has 10 nitrogen and oxygen atoms in total. The third-order valence-electron chi connectivity index (χ3n) is 6.55. The van der Waals surface area contributed by atoms with E-state index in [0.717, 1.165) is 5.56 Å². The summed E-state index contributed by atoms with van der Waals surface area (Å²) in [6, 6.07) is 14.6. The number of nitrogens with zero attached hydrogens (tertiary/aromatic N) is 5. The van der Waals surface area contributed by atoms with Crippen molar-refractivity contribution in [1.82, 2.24) is 24.8 Å². The highest BCUT2D eigenvalue weighted by Gasteiger charge is 2.23. The van der Waals surface area contributed by atoms with Crippen LogP contribution in [0.4, 0.5) is 11.8 Å². The quantitative estimate of drug-likeness (QED) is 0.138. The number of hydrogen-bond donors (Lipinski definition) is 3. The molecule has 2 aromatic carbocycles. The Hall–Kier alpha value is -5.12.